The van der Waals surface area contributed by atoms with E-state index in [0.717, 1.165) is 12.5 Å². The highest BCUT2D eigenvalue weighted by Crippen LogP contribution is 2.42. The monoisotopic (exact) mass is 287 g/mol. The topological polar surface area (TPSA) is 18.8 Å². The quantitative estimate of drug-likeness (QED) is 0.614. The Bertz CT molecular complexity index is 505. The summed E-state index contributed by atoms with van der Waals surface area (Å²) in [6.45, 7) is 5.59. The lowest BCUT2D eigenvalue weighted by atomic mass is 9.69. The van der Waals surface area contributed by atoms with E-state index in [4.69, 9.17) is 4.99 Å². The van der Waals surface area contributed by atoms with Crippen molar-refractivity contribution in [1.82, 2.24) is 9.80 Å². The van der Waals surface area contributed by atoms with Crippen LogP contribution in [-0.4, -0.2) is 50.5 Å². The highest BCUT2D eigenvalue weighted by Gasteiger charge is 2.32. The van der Waals surface area contributed by atoms with Gasteiger partial charge in [-0.1, -0.05) is 38.1 Å². The van der Waals surface area contributed by atoms with Gasteiger partial charge in [-0.15, -0.1) is 0 Å². The highest BCUT2D eigenvalue weighted by molar-refractivity contribution is 5.79. The van der Waals surface area contributed by atoms with Crippen LogP contribution in [0.2, 0.25) is 0 Å². The average molecular weight is 287 g/mol. The van der Waals surface area contributed by atoms with Crippen LogP contribution in [0.4, 0.5) is 0 Å². The third-order valence-corrected chi connectivity index (χ3v) is 4.50. The summed E-state index contributed by atoms with van der Waals surface area (Å²) in [5, 5.41) is 0. The normalized spacial score (nSPS) is 19.6. The molecule has 0 radical (unpaired) electrons. The van der Waals surface area contributed by atoms with E-state index in [1.54, 1.807) is 0 Å². The summed E-state index contributed by atoms with van der Waals surface area (Å²) in [5.41, 5.74) is 3.30. The van der Waals surface area contributed by atoms with Crippen LogP contribution in [0.1, 0.15) is 43.7 Å². The molecule has 116 valence electrons. The summed E-state index contributed by atoms with van der Waals surface area (Å²) in [4.78, 5) is 9.03. The van der Waals surface area contributed by atoms with Gasteiger partial charge >= 0.3 is 0 Å². The Morgan fingerprint density at radius 2 is 1.76 bits per heavy atom. The number of nitrogens with zero attached hydrogens (tertiary/aromatic N) is 3. The van der Waals surface area contributed by atoms with E-state index in [9.17, 15) is 0 Å². The molecule has 0 aliphatic heterocycles. The van der Waals surface area contributed by atoms with E-state index in [-0.39, 0.29) is 0 Å². The first kappa shape index (κ1) is 15.9. The molecular weight excluding hydrogens is 258 g/mol. The van der Waals surface area contributed by atoms with E-state index in [2.05, 4.69) is 76.1 Å². The van der Waals surface area contributed by atoms with Crippen LogP contribution in [0.5, 0.6) is 0 Å². The van der Waals surface area contributed by atoms with Gasteiger partial charge in [0.05, 0.1) is 0 Å². The minimum Gasteiger partial charge on any atom is -0.349 e. The van der Waals surface area contributed by atoms with E-state index in [1.807, 2.05) is 0 Å². The standard InChI is InChI=1S/C18H29N3/c1-18(2)12-11-14(15-9-7-8-10-16(15)18)13-19-17(20(3)4)21(5)6/h7-10,14H,11-13H2,1-6H3. The van der Waals surface area contributed by atoms with Gasteiger partial charge in [-0.3, -0.25) is 4.99 Å². The van der Waals surface area contributed by atoms with Crippen molar-refractivity contribution < 1.29 is 0 Å². The molecule has 0 spiro atoms. The molecule has 0 saturated carbocycles. The predicted molar refractivity (Wildman–Crippen MR) is 91.1 cm³/mol. The van der Waals surface area contributed by atoms with Crippen molar-refractivity contribution in [3.8, 4) is 0 Å². The Morgan fingerprint density at radius 3 is 2.38 bits per heavy atom. The van der Waals surface area contributed by atoms with Crippen molar-refractivity contribution in [2.24, 2.45) is 4.99 Å². The number of aliphatic imine (C=N–C) groups is 1. The number of benzene rings is 1. The van der Waals surface area contributed by atoms with Gasteiger partial charge in [0, 0.05) is 40.7 Å². The predicted octanol–water partition coefficient (Wildman–Crippen LogP) is 3.32. The molecule has 1 aromatic rings. The molecule has 2 rings (SSSR count). The molecule has 0 bridgehead atoms. The van der Waals surface area contributed by atoms with E-state index < -0.39 is 0 Å². The van der Waals surface area contributed by atoms with Gasteiger partial charge in [-0.05, 0) is 29.4 Å². The molecule has 1 aliphatic carbocycles. The number of fused-ring (bicyclic) bond motifs is 1. The Kier molecular flexibility index (Phi) is 4.60. The van der Waals surface area contributed by atoms with E-state index in [1.165, 1.54) is 24.0 Å². The van der Waals surface area contributed by atoms with Gasteiger partial charge in [0.1, 0.15) is 0 Å². The molecule has 1 aromatic carbocycles. The van der Waals surface area contributed by atoms with Crippen LogP contribution in [-0.2, 0) is 5.41 Å². The fourth-order valence-electron chi connectivity index (χ4n) is 3.36. The fraction of sp³-hybridized carbons (Fsp3) is 0.611. The molecule has 21 heavy (non-hydrogen) atoms. The summed E-state index contributed by atoms with van der Waals surface area (Å²) in [6, 6.07) is 8.92. The molecule has 0 fully saturated rings. The second kappa shape index (κ2) is 6.08. The van der Waals surface area contributed by atoms with Gasteiger partial charge in [0.15, 0.2) is 5.96 Å². The highest BCUT2D eigenvalue weighted by atomic mass is 15.3. The van der Waals surface area contributed by atoms with Gasteiger partial charge in [0.25, 0.3) is 0 Å². The van der Waals surface area contributed by atoms with Crippen LogP contribution < -0.4 is 0 Å². The molecule has 3 heteroatoms. The second-order valence-corrected chi connectivity index (χ2v) is 7.14. The molecule has 0 amide bonds. The first-order valence-electron chi connectivity index (χ1n) is 7.81. The maximum Gasteiger partial charge on any atom is 0.195 e. The second-order valence-electron chi connectivity index (χ2n) is 7.14. The largest absolute Gasteiger partial charge is 0.349 e. The summed E-state index contributed by atoms with van der Waals surface area (Å²) in [6.07, 6.45) is 2.46. The minimum atomic E-state index is 0.294. The molecule has 1 unspecified atom stereocenters. The Hall–Kier alpha value is -1.51. The smallest absolute Gasteiger partial charge is 0.195 e. The lowest BCUT2D eigenvalue weighted by molar-refractivity contribution is 0.392. The zero-order valence-electron chi connectivity index (χ0n) is 14.3. The molecule has 3 nitrogen and oxygen atoms in total. The average Bonchev–Trinajstić information content (AvgIpc) is 2.41. The van der Waals surface area contributed by atoms with Crippen molar-refractivity contribution in [2.75, 3.05) is 34.7 Å². The van der Waals surface area contributed by atoms with Crippen LogP contribution in [0.25, 0.3) is 0 Å². The van der Waals surface area contributed by atoms with Crippen molar-refractivity contribution in [3.05, 3.63) is 35.4 Å². The zero-order chi connectivity index (χ0) is 15.6. The van der Waals surface area contributed by atoms with E-state index >= 15 is 0 Å². The van der Waals surface area contributed by atoms with Crippen LogP contribution in [0, 0.1) is 0 Å². The van der Waals surface area contributed by atoms with Crippen LogP contribution >= 0.6 is 0 Å². The first-order chi connectivity index (χ1) is 9.83. The number of hydrogen-bond donors (Lipinski definition) is 0. The number of hydrogen-bond acceptors (Lipinski definition) is 1. The van der Waals surface area contributed by atoms with Crippen molar-refractivity contribution in [1.29, 1.82) is 0 Å². The maximum atomic E-state index is 4.86. The molecule has 0 aromatic heterocycles. The molecule has 0 N–H and O–H groups in total. The molecular formula is C18H29N3. The minimum absolute atomic E-state index is 0.294. The molecule has 1 aliphatic rings. The lowest BCUT2D eigenvalue weighted by Gasteiger charge is -2.37. The summed E-state index contributed by atoms with van der Waals surface area (Å²) in [5.74, 6) is 1.58. The van der Waals surface area contributed by atoms with Gasteiger partial charge in [-0.2, -0.15) is 0 Å². The summed E-state index contributed by atoms with van der Waals surface area (Å²) >= 11 is 0. The lowest BCUT2D eigenvalue weighted by Crippen LogP contribution is -2.36. The molecule has 0 heterocycles. The van der Waals surface area contributed by atoms with Crippen molar-refractivity contribution in [3.63, 3.8) is 0 Å². The summed E-state index contributed by atoms with van der Waals surface area (Å²) in [7, 11) is 8.21. The zero-order valence-corrected chi connectivity index (χ0v) is 14.3. The van der Waals surface area contributed by atoms with Gasteiger partial charge < -0.3 is 9.80 Å². The van der Waals surface area contributed by atoms with Crippen molar-refractivity contribution in [2.45, 2.75) is 38.0 Å². The third kappa shape index (κ3) is 3.39. The van der Waals surface area contributed by atoms with E-state index in [0.29, 0.717) is 11.3 Å². The van der Waals surface area contributed by atoms with Crippen LogP contribution in [0.15, 0.2) is 29.3 Å². The number of guanidine groups is 1. The third-order valence-electron chi connectivity index (χ3n) is 4.50. The SMILES string of the molecule is CN(C)C(=NCC1CCC(C)(C)c2ccccc21)N(C)C. The number of rotatable bonds is 2. The summed E-state index contributed by atoms with van der Waals surface area (Å²) < 4.78 is 0. The van der Waals surface area contributed by atoms with Gasteiger partial charge in [0.2, 0.25) is 0 Å². The first-order valence-corrected chi connectivity index (χ1v) is 7.81. The van der Waals surface area contributed by atoms with Gasteiger partial charge in [-0.25, -0.2) is 0 Å². The Labute approximate surface area is 129 Å². The van der Waals surface area contributed by atoms with Crippen LogP contribution in [0.3, 0.4) is 0 Å². The maximum absolute atomic E-state index is 4.86. The van der Waals surface area contributed by atoms with Crippen molar-refractivity contribution >= 4 is 5.96 Å². The fourth-order valence-corrected chi connectivity index (χ4v) is 3.36. The Morgan fingerprint density at radius 1 is 1.14 bits per heavy atom. The Balaban J connectivity index is 2.25. The molecule has 0 saturated heterocycles. The molecule has 1 atom stereocenters.